The number of hydrogen-bond donors (Lipinski definition) is 3. The average Bonchev–Trinajstić information content (AvgIpc) is 2.60. The zero-order chi connectivity index (χ0) is 23.6. The Morgan fingerprint density at radius 2 is 1.87 bits per heavy atom. The number of non-ortho nitro benzene ring substituents is 1. The van der Waals surface area contributed by atoms with Crippen LogP contribution in [0, 0.1) is 10.1 Å². The number of anilines is 1. The van der Waals surface area contributed by atoms with Crippen LogP contribution in [0.4, 0.5) is 23.0 Å². The Morgan fingerprint density at radius 3 is 2.42 bits per heavy atom. The molecule has 0 saturated carbocycles. The summed E-state index contributed by atoms with van der Waals surface area (Å²) in [5, 5.41) is 28.1. The number of nitro groups is 1. The minimum absolute atomic E-state index is 0.273. The number of sulfonamides is 1. The maximum absolute atomic E-state index is 12.5. The maximum Gasteiger partial charge on any atom is 0.306 e. The molecule has 2 aromatic rings. The molecule has 1 aromatic heterocycles. The van der Waals surface area contributed by atoms with E-state index in [1.54, 1.807) is 13.8 Å². The van der Waals surface area contributed by atoms with Gasteiger partial charge in [-0.2, -0.15) is 8.42 Å². The van der Waals surface area contributed by atoms with E-state index in [-0.39, 0.29) is 5.69 Å². The third kappa shape index (κ3) is 6.30. The predicted molar refractivity (Wildman–Crippen MR) is 109 cm³/mol. The molecular formula is C15H18N6O8S2. The number of nitrogens with zero attached hydrogens (tertiary/aromatic N) is 4. The molecule has 0 aliphatic rings. The number of benzene rings is 1. The Kier molecular flexibility index (Phi) is 6.77. The highest BCUT2D eigenvalue weighted by Gasteiger charge is 2.24. The lowest BCUT2D eigenvalue weighted by atomic mass is 10.2. The van der Waals surface area contributed by atoms with E-state index in [1.165, 1.54) is 0 Å². The summed E-state index contributed by atoms with van der Waals surface area (Å²) in [5.74, 6) is -2.09. The summed E-state index contributed by atoms with van der Waals surface area (Å²) in [6.45, 7) is 3.13. The van der Waals surface area contributed by atoms with E-state index in [0.717, 1.165) is 30.5 Å². The van der Waals surface area contributed by atoms with Crippen LogP contribution in [0.25, 0.3) is 0 Å². The minimum Gasteiger partial charge on any atom is -0.504 e. The third-order valence-corrected chi connectivity index (χ3v) is 5.45. The average molecular weight is 474 g/mol. The topological polar surface area (TPSA) is 217 Å². The van der Waals surface area contributed by atoms with Crippen molar-refractivity contribution in [2.75, 3.05) is 12.0 Å². The molecule has 4 N–H and O–H groups in total. The van der Waals surface area contributed by atoms with E-state index in [0.29, 0.717) is 0 Å². The van der Waals surface area contributed by atoms with Gasteiger partial charge in [-0.1, -0.05) is 0 Å². The van der Waals surface area contributed by atoms with Crippen molar-refractivity contribution in [3.05, 3.63) is 34.4 Å². The highest BCUT2D eigenvalue weighted by Crippen LogP contribution is 2.35. The summed E-state index contributed by atoms with van der Waals surface area (Å²) < 4.78 is 55.0. The quantitative estimate of drug-likeness (QED) is 0.218. The van der Waals surface area contributed by atoms with Crippen molar-refractivity contribution >= 4 is 43.2 Å². The molecule has 14 nitrogen and oxygen atoms in total. The van der Waals surface area contributed by atoms with Crippen molar-refractivity contribution < 1.29 is 31.0 Å². The number of rotatable bonds is 8. The van der Waals surface area contributed by atoms with Crippen molar-refractivity contribution in [2.24, 2.45) is 10.2 Å². The van der Waals surface area contributed by atoms with Gasteiger partial charge >= 0.3 is 10.1 Å². The fourth-order valence-electron chi connectivity index (χ4n) is 2.16. The third-order valence-electron chi connectivity index (χ3n) is 3.31. The Bertz CT molecular complexity index is 1260. The van der Waals surface area contributed by atoms with E-state index < -0.39 is 64.8 Å². The normalized spacial score (nSPS) is 12.4. The number of nitrogen functional groups attached to an aromatic ring is 1. The molecule has 0 radical (unpaired) electrons. The van der Waals surface area contributed by atoms with Gasteiger partial charge < -0.3 is 15.0 Å². The number of nitrogens with one attached hydrogen (secondary N) is 1. The first-order valence-corrected chi connectivity index (χ1v) is 11.6. The molecule has 0 amide bonds. The Labute approximate surface area is 177 Å². The summed E-state index contributed by atoms with van der Waals surface area (Å²) in [4.78, 5) is 13.3. The van der Waals surface area contributed by atoms with E-state index in [9.17, 15) is 32.1 Å². The molecule has 0 fully saturated rings. The van der Waals surface area contributed by atoms with Crippen LogP contribution in [0.15, 0.2) is 39.4 Å². The van der Waals surface area contributed by atoms with Crippen LogP contribution in [0.3, 0.4) is 0 Å². The van der Waals surface area contributed by atoms with Crippen LogP contribution >= 0.6 is 0 Å². The Morgan fingerprint density at radius 1 is 1.23 bits per heavy atom. The van der Waals surface area contributed by atoms with E-state index in [4.69, 9.17) is 9.92 Å². The van der Waals surface area contributed by atoms with Gasteiger partial charge in [0.25, 0.3) is 5.69 Å². The summed E-state index contributed by atoms with van der Waals surface area (Å²) in [7, 11) is -8.27. The molecule has 0 aliphatic heterocycles. The SMILES string of the molecule is CC(C)NS(=O)(=O)c1cc(O)c(N)nc1/N=N/c1ccc([N+](=O)[O-])cc1OS(C)(=O)=O. The highest BCUT2D eigenvalue weighted by atomic mass is 32.2. The number of nitro benzene ring substituents is 1. The lowest BCUT2D eigenvalue weighted by Crippen LogP contribution is -2.30. The van der Waals surface area contributed by atoms with Crippen molar-refractivity contribution in [3.8, 4) is 11.5 Å². The molecule has 16 heteroatoms. The first kappa shape index (κ1) is 23.9. The number of pyridine rings is 1. The first-order valence-electron chi connectivity index (χ1n) is 8.31. The predicted octanol–water partition coefficient (Wildman–Crippen LogP) is 1.72. The van der Waals surface area contributed by atoms with Gasteiger partial charge in [0.05, 0.1) is 17.2 Å². The Hall–Kier alpha value is -3.37. The maximum atomic E-state index is 12.5. The molecular weight excluding hydrogens is 456 g/mol. The summed E-state index contributed by atoms with van der Waals surface area (Å²) in [6, 6.07) is 3.20. The summed E-state index contributed by atoms with van der Waals surface area (Å²) in [5.41, 5.74) is 4.76. The van der Waals surface area contributed by atoms with Gasteiger partial charge in [-0.15, -0.1) is 10.2 Å². The molecule has 168 valence electrons. The number of azo groups is 1. The summed E-state index contributed by atoms with van der Waals surface area (Å²) in [6.07, 6.45) is 0.719. The zero-order valence-electron chi connectivity index (χ0n) is 16.4. The second kappa shape index (κ2) is 8.78. The number of nitrogens with two attached hydrogens (primary N) is 1. The second-order valence-electron chi connectivity index (χ2n) is 6.39. The smallest absolute Gasteiger partial charge is 0.306 e. The lowest BCUT2D eigenvalue weighted by molar-refractivity contribution is -0.384. The standard InChI is InChI=1S/C15H18N6O8S2/c1-8(2)20-31(27,28)13-7-11(22)14(16)17-15(13)19-18-10-5-4-9(21(23)24)6-12(10)29-30(3,25)26/h4-8,20,22H,1-3H3,(H2,16,17)/b19-18+. The highest BCUT2D eigenvalue weighted by molar-refractivity contribution is 7.89. The van der Waals surface area contributed by atoms with Gasteiger partial charge in [0.1, 0.15) is 10.6 Å². The molecule has 1 aromatic carbocycles. The fraction of sp³-hybridized carbons (Fsp3) is 0.267. The molecule has 0 spiro atoms. The van der Waals surface area contributed by atoms with E-state index >= 15 is 0 Å². The molecule has 0 atom stereocenters. The second-order valence-corrected chi connectivity index (χ2v) is 9.64. The first-order chi connectivity index (χ1) is 14.2. The van der Waals surface area contributed by atoms with Crippen LogP contribution in [-0.4, -0.2) is 44.1 Å². The Balaban J connectivity index is 2.62. The zero-order valence-corrected chi connectivity index (χ0v) is 18.0. The van der Waals surface area contributed by atoms with E-state index in [2.05, 4.69) is 19.9 Å². The monoisotopic (exact) mass is 474 g/mol. The lowest BCUT2D eigenvalue weighted by Gasteiger charge is -2.12. The number of hydrogen-bond acceptors (Lipinski definition) is 12. The van der Waals surface area contributed by atoms with Gasteiger partial charge in [0.2, 0.25) is 10.0 Å². The van der Waals surface area contributed by atoms with Crippen LogP contribution < -0.4 is 14.6 Å². The number of aromatic hydroxyl groups is 1. The molecule has 2 rings (SSSR count). The van der Waals surface area contributed by atoms with Crippen LogP contribution in [0.1, 0.15) is 13.8 Å². The van der Waals surface area contributed by atoms with Gasteiger partial charge in [0.15, 0.2) is 23.1 Å². The fourth-order valence-corrected chi connectivity index (χ4v) is 3.96. The molecule has 1 heterocycles. The van der Waals surface area contributed by atoms with Gasteiger partial charge in [-0.3, -0.25) is 10.1 Å². The largest absolute Gasteiger partial charge is 0.504 e. The minimum atomic E-state index is -4.19. The van der Waals surface area contributed by atoms with Gasteiger partial charge in [-0.05, 0) is 19.9 Å². The van der Waals surface area contributed by atoms with Crippen molar-refractivity contribution in [3.63, 3.8) is 0 Å². The van der Waals surface area contributed by atoms with Gasteiger partial charge in [-0.25, -0.2) is 18.1 Å². The summed E-state index contributed by atoms with van der Waals surface area (Å²) >= 11 is 0. The molecule has 0 bridgehead atoms. The van der Waals surface area contributed by atoms with Crippen molar-refractivity contribution in [2.45, 2.75) is 24.8 Å². The van der Waals surface area contributed by atoms with Crippen molar-refractivity contribution in [1.29, 1.82) is 0 Å². The van der Waals surface area contributed by atoms with E-state index in [1.807, 2.05) is 0 Å². The molecule has 0 saturated heterocycles. The number of aromatic nitrogens is 1. The molecule has 0 unspecified atom stereocenters. The molecule has 0 aliphatic carbocycles. The van der Waals surface area contributed by atoms with Crippen LogP contribution in [0.2, 0.25) is 0 Å². The van der Waals surface area contributed by atoms with Crippen LogP contribution in [-0.2, 0) is 20.1 Å². The van der Waals surface area contributed by atoms with Crippen molar-refractivity contribution in [1.82, 2.24) is 9.71 Å². The van der Waals surface area contributed by atoms with Gasteiger partial charge in [0, 0.05) is 18.2 Å². The van der Waals surface area contributed by atoms with Crippen LogP contribution in [0.5, 0.6) is 11.5 Å². The molecule has 31 heavy (non-hydrogen) atoms.